The predicted octanol–water partition coefficient (Wildman–Crippen LogP) is 1.26. The molecule has 0 unspecified atom stereocenters. The summed E-state index contributed by atoms with van der Waals surface area (Å²) in [5.41, 5.74) is 0.502. The molecular formula is C9H9FNO2. The Kier molecular flexibility index (Phi) is 2.97. The molecule has 69 valence electrons. The number of aromatic carboxylic acids is 1. The first-order valence-electron chi connectivity index (χ1n) is 3.72. The van der Waals surface area contributed by atoms with Crippen molar-refractivity contribution in [3.8, 4) is 0 Å². The molecule has 1 aromatic carbocycles. The van der Waals surface area contributed by atoms with Crippen LogP contribution in [0.3, 0.4) is 0 Å². The second-order valence-corrected chi connectivity index (χ2v) is 2.58. The number of carboxylic acid groups (broad SMARTS) is 1. The molecule has 1 rings (SSSR count). The average Bonchev–Trinajstić information content (AvgIpc) is 2.08. The van der Waals surface area contributed by atoms with E-state index in [9.17, 15) is 9.18 Å². The van der Waals surface area contributed by atoms with Crippen molar-refractivity contribution in [2.24, 2.45) is 0 Å². The average molecular weight is 182 g/mol. The number of hydrogen-bond donors (Lipinski definition) is 1. The standard InChI is InChI=1S/C9H9FNO2/c1-11-5-6-2-3-7(10)4-8(6)9(12)13/h2-4H,5H2,1H3,(H,12,13). The van der Waals surface area contributed by atoms with Gasteiger partial charge in [-0.25, -0.2) is 14.5 Å². The fraction of sp³-hybridized carbons (Fsp3) is 0.222. The molecule has 0 spiro atoms. The highest BCUT2D eigenvalue weighted by Gasteiger charge is 2.10. The molecule has 1 N–H and O–H groups in total. The minimum atomic E-state index is -1.13. The van der Waals surface area contributed by atoms with Gasteiger partial charge >= 0.3 is 5.97 Å². The van der Waals surface area contributed by atoms with Crippen molar-refractivity contribution in [3.05, 3.63) is 35.1 Å². The van der Waals surface area contributed by atoms with Gasteiger partial charge in [-0.1, -0.05) is 6.07 Å². The Balaban J connectivity index is 3.10. The molecule has 0 amide bonds. The molecule has 0 atom stereocenters. The number of benzene rings is 1. The van der Waals surface area contributed by atoms with Gasteiger partial charge in [0.2, 0.25) is 0 Å². The first-order valence-corrected chi connectivity index (χ1v) is 3.72. The number of hydrogen-bond acceptors (Lipinski definition) is 1. The molecule has 3 nitrogen and oxygen atoms in total. The summed E-state index contributed by atoms with van der Waals surface area (Å²) in [6.45, 7) is 0.294. The zero-order chi connectivity index (χ0) is 9.84. The summed E-state index contributed by atoms with van der Waals surface area (Å²) in [7, 11) is 1.58. The molecule has 0 aliphatic rings. The van der Waals surface area contributed by atoms with Gasteiger partial charge in [0.05, 0.1) is 5.56 Å². The van der Waals surface area contributed by atoms with Crippen LogP contribution in [0.2, 0.25) is 0 Å². The maximum Gasteiger partial charge on any atom is 0.336 e. The van der Waals surface area contributed by atoms with Crippen LogP contribution in [0.25, 0.3) is 0 Å². The molecule has 13 heavy (non-hydrogen) atoms. The van der Waals surface area contributed by atoms with E-state index in [1.807, 2.05) is 0 Å². The van der Waals surface area contributed by atoms with Gasteiger partial charge in [0.15, 0.2) is 0 Å². The first kappa shape index (κ1) is 9.67. The highest BCUT2D eigenvalue weighted by Crippen LogP contribution is 2.11. The van der Waals surface area contributed by atoms with Gasteiger partial charge < -0.3 is 5.11 Å². The largest absolute Gasteiger partial charge is 0.478 e. The van der Waals surface area contributed by atoms with Crippen LogP contribution in [0, 0.1) is 5.82 Å². The lowest BCUT2D eigenvalue weighted by molar-refractivity contribution is 0.0695. The van der Waals surface area contributed by atoms with E-state index < -0.39 is 11.8 Å². The molecule has 4 heteroatoms. The number of nitrogens with zero attached hydrogens (tertiary/aromatic N) is 1. The van der Waals surface area contributed by atoms with Gasteiger partial charge in [-0.3, -0.25) is 0 Å². The van der Waals surface area contributed by atoms with Crippen molar-refractivity contribution in [1.29, 1.82) is 0 Å². The molecule has 0 saturated heterocycles. The fourth-order valence-corrected chi connectivity index (χ4v) is 1.06. The Morgan fingerprint density at radius 2 is 2.31 bits per heavy atom. The lowest BCUT2D eigenvalue weighted by Crippen LogP contribution is -2.07. The van der Waals surface area contributed by atoms with Crippen molar-refractivity contribution < 1.29 is 14.3 Å². The van der Waals surface area contributed by atoms with Crippen molar-refractivity contribution in [2.75, 3.05) is 7.05 Å². The van der Waals surface area contributed by atoms with Crippen LogP contribution < -0.4 is 5.32 Å². The van der Waals surface area contributed by atoms with E-state index in [-0.39, 0.29) is 5.56 Å². The summed E-state index contributed by atoms with van der Waals surface area (Å²) in [4.78, 5) is 10.6. The molecule has 0 saturated carbocycles. The van der Waals surface area contributed by atoms with Crippen LogP contribution in [-0.4, -0.2) is 18.1 Å². The zero-order valence-electron chi connectivity index (χ0n) is 7.12. The fourth-order valence-electron chi connectivity index (χ4n) is 1.06. The van der Waals surface area contributed by atoms with Crippen molar-refractivity contribution in [2.45, 2.75) is 6.54 Å². The summed E-state index contributed by atoms with van der Waals surface area (Å²) in [6, 6.07) is 3.67. The van der Waals surface area contributed by atoms with Crippen LogP contribution >= 0.6 is 0 Å². The van der Waals surface area contributed by atoms with E-state index >= 15 is 0 Å². The molecule has 0 heterocycles. The zero-order valence-corrected chi connectivity index (χ0v) is 7.12. The molecule has 1 radical (unpaired) electrons. The van der Waals surface area contributed by atoms with Crippen LogP contribution in [0.15, 0.2) is 18.2 Å². The summed E-state index contributed by atoms with van der Waals surface area (Å²) in [5, 5.41) is 12.5. The maximum absolute atomic E-state index is 12.7. The minimum absolute atomic E-state index is 0.0226. The van der Waals surface area contributed by atoms with Crippen molar-refractivity contribution in [3.63, 3.8) is 0 Å². The van der Waals surface area contributed by atoms with Crippen LogP contribution in [-0.2, 0) is 6.54 Å². The number of rotatable bonds is 3. The summed E-state index contributed by atoms with van der Waals surface area (Å²) >= 11 is 0. The summed E-state index contributed by atoms with van der Waals surface area (Å²) in [6.07, 6.45) is 0. The molecule has 0 aromatic heterocycles. The van der Waals surface area contributed by atoms with Gasteiger partial charge in [-0.15, -0.1) is 0 Å². The monoisotopic (exact) mass is 182 g/mol. The molecule has 1 aromatic rings. The van der Waals surface area contributed by atoms with E-state index in [0.29, 0.717) is 12.1 Å². The third kappa shape index (κ3) is 2.26. The Bertz CT molecular complexity index is 325. The van der Waals surface area contributed by atoms with Gasteiger partial charge in [0.1, 0.15) is 5.82 Å². The summed E-state index contributed by atoms with van der Waals surface area (Å²) in [5.74, 6) is -1.67. The first-order chi connectivity index (χ1) is 6.15. The second-order valence-electron chi connectivity index (χ2n) is 2.58. The third-order valence-corrected chi connectivity index (χ3v) is 1.63. The Hall–Kier alpha value is -1.42. The minimum Gasteiger partial charge on any atom is -0.478 e. The molecular weight excluding hydrogens is 173 g/mol. The number of carboxylic acids is 1. The molecule has 0 aliphatic heterocycles. The Morgan fingerprint density at radius 1 is 1.62 bits per heavy atom. The van der Waals surface area contributed by atoms with E-state index in [1.54, 1.807) is 7.05 Å². The number of halogens is 1. The summed E-state index contributed by atoms with van der Waals surface area (Å²) < 4.78 is 12.7. The number of carbonyl (C=O) groups is 1. The van der Waals surface area contributed by atoms with Crippen molar-refractivity contribution in [1.82, 2.24) is 5.32 Å². The smallest absolute Gasteiger partial charge is 0.336 e. The van der Waals surface area contributed by atoms with Gasteiger partial charge in [0, 0.05) is 13.6 Å². The van der Waals surface area contributed by atoms with Gasteiger partial charge in [-0.2, -0.15) is 0 Å². The maximum atomic E-state index is 12.7. The molecule has 0 bridgehead atoms. The third-order valence-electron chi connectivity index (χ3n) is 1.63. The lowest BCUT2D eigenvalue weighted by Gasteiger charge is -2.03. The predicted molar refractivity (Wildman–Crippen MR) is 45.1 cm³/mol. The van der Waals surface area contributed by atoms with E-state index in [2.05, 4.69) is 5.32 Å². The topological polar surface area (TPSA) is 51.4 Å². The SMILES string of the molecule is C[N]Cc1ccc(F)cc1C(=O)O. The van der Waals surface area contributed by atoms with E-state index in [0.717, 1.165) is 6.07 Å². The van der Waals surface area contributed by atoms with E-state index in [1.165, 1.54) is 12.1 Å². The quantitative estimate of drug-likeness (QED) is 0.765. The van der Waals surface area contributed by atoms with Crippen molar-refractivity contribution >= 4 is 5.97 Å². The lowest BCUT2D eigenvalue weighted by atomic mass is 10.1. The Morgan fingerprint density at radius 3 is 2.85 bits per heavy atom. The molecule has 0 fully saturated rings. The van der Waals surface area contributed by atoms with Crippen LogP contribution in [0.4, 0.5) is 4.39 Å². The van der Waals surface area contributed by atoms with E-state index in [4.69, 9.17) is 5.11 Å². The van der Waals surface area contributed by atoms with Gasteiger partial charge in [-0.05, 0) is 17.7 Å². The Labute approximate surface area is 75.2 Å². The van der Waals surface area contributed by atoms with Crippen LogP contribution in [0.1, 0.15) is 15.9 Å². The highest BCUT2D eigenvalue weighted by atomic mass is 19.1. The second kappa shape index (κ2) is 4.00. The highest BCUT2D eigenvalue weighted by molar-refractivity contribution is 5.89. The molecule has 0 aliphatic carbocycles. The normalized spacial score (nSPS) is 10.0. The van der Waals surface area contributed by atoms with Gasteiger partial charge in [0.25, 0.3) is 0 Å². The van der Waals surface area contributed by atoms with Crippen LogP contribution in [0.5, 0.6) is 0 Å².